The molecule has 1 saturated heterocycles. The summed E-state index contributed by atoms with van der Waals surface area (Å²) < 4.78 is 44.2. The van der Waals surface area contributed by atoms with Gasteiger partial charge in [0.25, 0.3) is 5.91 Å². The maximum absolute atomic E-state index is 13.5. The Labute approximate surface area is 345 Å². The summed E-state index contributed by atoms with van der Waals surface area (Å²) in [5.41, 5.74) is 2.45. The van der Waals surface area contributed by atoms with Gasteiger partial charge in [0, 0.05) is 41.3 Å². The number of amides is 3. The maximum atomic E-state index is 13.5. The molecular formula is C43H52N8O7S. The van der Waals surface area contributed by atoms with E-state index in [1.807, 2.05) is 45.0 Å². The Bertz CT molecular complexity index is 2430. The molecule has 1 fully saturated rings. The van der Waals surface area contributed by atoms with Crippen LogP contribution in [-0.2, 0) is 15.4 Å². The molecule has 16 heteroatoms. The number of ether oxygens (including phenoxy) is 3. The number of piperidine rings is 1. The number of fused-ring (bicyclic) bond motifs is 1. The molecular weight excluding hydrogens is 773 g/mol. The van der Waals surface area contributed by atoms with Gasteiger partial charge >= 0.3 is 6.03 Å². The Kier molecular flexibility index (Phi) is 13.1. The zero-order valence-electron chi connectivity index (χ0n) is 34.4. The highest BCUT2D eigenvalue weighted by atomic mass is 32.2. The number of urea groups is 1. The van der Waals surface area contributed by atoms with Gasteiger partial charge in [-0.3, -0.25) is 9.52 Å². The fourth-order valence-corrected chi connectivity index (χ4v) is 7.44. The molecule has 1 aliphatic heterocycles. The van der Waals surface area contributed by atoms with E-state index in [1.54, 1.807) is 54.7 Å². The Morgan fingerprint density at radius 2 is 1.58 bits per heavy atom. The molecule has 0 saturated carbocycles. The number of hydrogen-bond acceptors (Lipinski definition) is 11. The van der Waals surface area contributed by atoms with Gasteiger partial charge in [0.2, 0.25) is 21.9 Å². The number of carbonyl (C=O) groups excluding carboxylic acids is 2. The van der Waals surface area contributed by atoms with E-state index in [0.717, 1.165) is 44.2 Å². The summed E-state index contributed by atoms with van der Waals surface area (Å²) in [6.45, 7) is 8.73. The lowest BCUT2D eigenvalue weighted by atomic mass is 9.86. The Morgan fingerprint density at radius 1 is 0.864 bits per heavy atom. The highest BCUT2D eigenvalue weighted by molar-refractivity contribution is 7.92. The van der Waals surface area contributed by atoms with Gasteiger partial charge in [0.15, 0.2) is 5.75 Å². The summed E-state index contributed by atoms with van der Waals surface area (Å²) in [6, 6.07) is 20.6. The van der Waals surface area contributed by atoms with Crippen molar-refractivity contribution < 1.29 is 32.2 Å². The number of carbonyl (C=O) groups is 2. The monoisotopic (exact) mass is 824 g/mol. The SMILES string of the molecule is COc1cc(Nc2nccc(Oc3ccc(NC(=O)Nc4cc(C(C)(C)C)cc(NS(C)(=O)=O)c4OC)c4ccccc34)n2)ccc1C(=O)NCCC1CCN(C)CC1. The van der Waals surface area contributed by atoms with Crippen LogP contribution in [0.1, 0.15) is 56.0 Å². The van der Waals surface area contributed by atoms with Crippen molar-refractivity contribution in [1.29, 1.82) is 0 Å². The molecule has 0 spiro atoms. The molecule has 6 rings (SSSR count). The first-order valence-electron chi connectivity index (χ1n) is 19.3. The molecule has 5 N–H and O–H groups in total. The second kappa shape index (κ2) is 18.2. The number of nitrogens with zero attached hydrogens (tertiary/aromatic N) is 3. The van der Waals surface area contributed by atoms with Crippen LogP contribution in [0.2, 0.25) is 0 Å². The van der Waals surface area contributed by atoms with Crippen LogP contribution in [-0.4, -0.2) is 82.4 Å². The van der Waals surface area contributed by atoms with Gasteiger partial charge in [0.05, 0.1) is 43.1 Å². The van der Waals surface area contributed by atoms with Crippen LogP contribution in [0.5, 0.6) is 23.1 Å². The number of sulfonamides is 1. The quantitative estimate of drug-likeness (QED) is 0.0732. The number of nitrogens with one attached hydrogen (secondary N) is 5. The summed E-state index contributed by atoms with van der Waals surface area (Å²) in [4.78, 5) is 37.8. The average molecular weight is 825 g/mol. The number of anilines is 5. The van der Waals surface area contributed by atoms with Gasteiger partial charge in [-0.2, -0.15) is 4.98 Å². The van der Waals surface area contributed by atoms with Gasteiger partial charge in [-0.25, -0.2) is 18.2 Å². The molecule has 3 amide bonds. The minimum absolute atomic E-state index is 0.165. The van der Waals surface area contributed by atoms with Gasteiger partial charge in [-0.05, 0) is 92.7 Å². The molecule has 59 heavy (non-hydrogen) atoms. The molecule has 0 unspecified atom stereocenters. The van der Waals surface area contributed by atoms with Gasteiger partial charge in [-0.15, -0.1) is 0 Å². The van der Waals surface area contributed by atoms with Crippen LogP contribution < -0.4 is 40.2 Å². The van der Waals surface area contributed by atoms with Crippen LogP contribution in [0.3, 0.4) is 0 Å². The summed E-state index contributed by atoms with van der Waals surface area (Å²) in [6.07, 6.45) is 5.86. The van der Waals surface area contributed by atoms with Crippen molar-refractivity contribution in [2.75, 3.05) is 67.8 Å². The van der Waals surface area contributed by atoms with Crippen molar-refractivity contribution in [2.24, 2.45) is 5.92 Å². The molecule has 0 atom stereocenters. The summed E-state index contributed by atoms with van der Waals surface area (Å²) in [5, 5.41) is 13.4. The van der Waals surface area contributed by atoms with E-state index in [9.17, 15) is 18.0 Å². The van der Waals surface area contributed by atoms with Crippen molar-refractivity contribution in [3.05, 3.63) is 90.1 Å². The molecule has 0 aliphatic carbocycles. The predicted molar refractivity (Wildman–Crippen MR) is 232 cm³/mol. The van der Waals surface area contributed by atoms with E-state index in [2.05, 4.69) is 47.9 Å². The first-order valence-corrected chi connectivity index (χ1v) is 21.2. The van der Waals surface area contributed by atoms with E-state index < -0.39 is 16.1 Å². The Balaban J connectivity index is 1.14. The van der Waals surface area contributed by atoms with Gasteiger partial charge in [0.1, 0.15) is 11.5 Å². The first kappa shape index (κ1) is 42.5. The van der Waals surface area contributed by atoms with Crippen molar-refractivity contribution in [3.63, 3.8) is 0 Å². The van der Waals surface area contributed by atoms with E-state index in [-0.39, 0.29) is 40.3 Å². The van der Waals surface area contributed by atoms with Crippen molar-refractivity contribution in [3.8, 4) is 23.1 Å². The van der Waals surface area contributed by atoms with Gasteiger partial charge in [-0.1, -0.05) is 45.0 Å². The molecule has 5 aromatic rings. The van der Waals surface area contributed by atoms with E-state index >= 15 is 0 Å². The van der Waals surface area contributed by atoms with Crippen molar-refractivity contribution >= 4 is 61.4 Å². The number of hydrogen-bond donors (Lipinski definition) is 5. The van der Waals surface area contributed by atoms with Crippen LogP contribution in [0.15, 0.2) is 79.0 Å². The van der Waals surface area contributed by atoms with Crippen LogP contribution in [0.25, 0.3) is 10.8 Å². The van der Waals surface area contributed by atoms with Crippen LogP contribution in [0.4, 0.5) is 33.5 Å². The van der Waals surface area contributed by atoms with E-state index in [4.69, 9.17) is 14.2 Å². The molecule has 312 valence electrons. The molecule has 0 bridgehead atoms. The highest BCUT2D eigenvalue weighted by Gasteiger charge is 2.23. The summed E-state index contributed by atoms with van der Waals surface area (Å²) in [7, 11) is 1.42. The fraction of sp³-hybridized carbons (Fsp3) is 0.349. The molecule has 15 nitrogen and oxygen atoms in total. The third-order valence-corrected chi connectivity index (χ3v) is 10.6. The molecule has 2 heterocycles. The van der Waals surface area contributed by atoms with E-state index in [1.165, 1.54) is 14.2 Å². The standard InChI is InChI=1S/C43H52N8O7S/c1-43(2,3)28-24-34(39(57-6)35(25-28)50-59(7,54)55)48-42(53)47-33-14-15-36(31-11-9-8-10-30(31)33)58-38-17-21-45-41(49-38)46-29-12-13-32(37(26-29)56-5)40(52)44-20-16-27-18-22-51(4)23-19-27/h8-15,17,21,24-27,50H,16,18-20,22-23H2,1-7H3,(H,44,52)(H,45,46,49)(H2,47,48,53). The van der Waals surface area contributed by atoms with Crippen molar-refractivity contribution in [2.45, 2.75) is 45.4 Å². The zero-order valence-corrected chi connectivity index (χ0v) is 35.2. The second-order valence-corrected chi connectivity index (χ2v) is 17.4. The van der Waals surface area contributed by atoms with Crippen LogP contribution in [0, 0.1) is 5.92 Å². The maximum Gasteiger partial charge on any atom is 0.323 e. The third kappa shape index (κ3) is 11.1. The number of aromatic nitrogens is 2. The smallest absolute Gasteiger partial charge is 0.323 e. The minimum Gasteiger partial charge on any atom is -0.496 e. The fourth-order valence-electron chi connectivity index (χ4n) is 6.89. The summed E-state index contributed by atoms with van der Waals surface area (Å²) >= 11 is 0. The average Bonchev–Trinajstić information content (AvgIpc) is 3.18. The number of benzene rings is 4. The second-order valence-electron chi connectivity index (χ2n) is 15.6. The topological polar surface area (TPSA) is 185 Å². The normalized spacial score (nSPS) is 13.7. The van der Waals surface area contributed by atoms with Crippen molar-refractivity contribution in [1.82, 2.24) is 20.2 Å². The molecule has 1 aliphatic rings. The third-order valence-electron chi connectivity index (χ3n) is 10.1. The summed E-state index contributed by atoms with van der Waals surface area (Å²) in [5.74, 6) is 2.03. The molecule has 0 radical (unpaired) electrons. The lowest BCUT2D eigenvalue weighted by Crippen LogP contribution is -2.32. The minimum atomic E-state index is -3.65. The van der Waals surface area contributed by atoms with Crippen LogP contribution >= 0.6 is 0 Å². The highest BCUT2D eigenvalue weighted by Crippen LogP contribution is 2.40. The number of likely N-dealkylation sites (tertiary alicyclic amines) is 1. The van der Waals surface area contributed by atoms with Gasteiger partial charge < -0.3 is 40.4 Å². The first-order chi connectivity index (χ1) is 28.1. The van der Waals surface area contributed by atoms with E-state index in [0.29, 0.717) is 51.7 Å². The molecule has 1 aromatic heterocycles. The Morgan fingerprint density at radius 3 is 2.27 bits per heavy atom. The molecule has 4 aromatic carbocycles. The Hall–Kier alpha value is -6.13. The largest absolute Gasteiger partial charge is 0.496 e. The zero-order chi connectivity index (χ0) is 42.3. The predicted octanol–water partition coefficient (Wildman–Crippen LogP) is 7.96. The number of rotatable bonds is 14. The lowest BCUT2D eigenvalue weighted by molar-refractivity contribution is 0.0946. The number of methoxy groups -OCH3 is 2. The lowest BCUT2D eigenvalue weighted by Gasteiger charge is -2.28.